The van der Waals surface area contributed by atoms with Crippen molar-refractivity contribution >= 4 is 6.09 Å². The number of piperidine rings is 1. The van der Waals surface area contributed by atoms with Crippen LogP contribution in [0.2, 0.25) is 0 Å². The zero-order valence-electron chi connectivity index (χ0n) is 12.9. The zero-order chi connectivity index (χ0) is 15.2. The molecule has 1 aliphatic heterocycles. The minimum absolute atomic E-state index is 0.167. The van der Waals surface area contributed by atoms with E-state index < -0.39 is 6.10 Å². The first-order chi connectivity index (χ1) is 10.1. The molecule has 1 N–H and O–H groups in total. The quantitative estimate of drug-likeness (QED) is 0.845. The van der Waals surface area contributed by atoms with Gasteiger partial charge in [0.1, 0.15) is 0 Å². The maximum absolute atomic E-state index is 11.9. The third kappa shape index (κ3) is 3.97. The summed E-state index contributed by atoms with van der Waals surface area (Å²) in [6.07, 6.45) is 6.15. The van der Waals surface area contributed by atoms with E-state index in [0.29, 0.717) is 19.7 Å². The molecule has 21 heavy (non-hydrogen) atoms. The number of amides is 1. The lowest BCUT2D eigenvalue weighted by molar-refractivity contribution is 0.0436. The maximum Gasteiger partial charge on any atom is 0.409 e. The third-order valence-corrected chi connectivity index (χ3v) is 4.12. The van der Waals surface area contributed by atoms with Gasteiger partial charge in [-0.2, -0.15) is 0 Å². The van der Waals surface area contributed by atoms with Gasteiger partial charge in [-0.3, -0.25) is 0 Å². The molecule has 0 aromatic carbocycles. The van der Waals surface area contributed by atoms with Crippen LogP contribution in [0, 0.1) is 5.92 Å². The number of aryl methyl sites for hydroxylation is 1. The lowest BCUT2D eigenvalue weighted by Gasteiger charge is -2.33. The van der Waals surface area contributed by atoms with Crippen molar-refractivity contribution in [2.24, 2.45) is 13.0 Å². The molecular formula is C15H25N3O3. The zero-order valence-corrected chi connectivity index (χ0v) is 12.9. The molecule has 1 unspecified atom stereocenters. The van der Waals surface area contributed by atoms with Crippen molar-refractivity contribution in [2.75, 3.05) is 19.7 Å². The van der Waals surface area contributed by atoms with Gasteiger partial charge < -0.3 is 19.3 Å². The standard InChI is InChI=1S/C15H25N3O3/c1-3-4-9-21-15(20)18-7-5-12(6-8-18)14(19)13-10-16-11-17(13)2/h10-12,14,19H,3-9H2,1-2H3. The van der Waals surface area contributed by atoms with Crippen molar-refractivity contribution in [3.63, 3.8) is 0 Å². The highest BCUT2D eigenvalue weighted by Crippen LogP contribution is 2.30. The number of nitrogens with zero attached hydrogens (tertiary/aromatic N) is 3. The lowest BCUT2D eigenvalue weighted by atomic mass is 9.90. The Balaban J connectivity index is 1.80. The van der Waals surface area contributed by atoms with Crippen molar-refractivity contribution in [1.29, 1.82) is 0 Å². The normalized spacial score (nSPS) is 17.8. The minimum atomic E-state index is -0.518. The first-order valence-corrected chi connectivity index (χ1v) is 7.69. The number of hydrogen-bond donors (Lipinski definition) is 1. The second-order valence-corrected chi connectivity index (χ2v) is 5.67. The molecule has 2 heterocycles. The smallest absolute Gasteiger partial charge is 0.409 e. The summed E-state index contributed by atoms with van der Waals surface area (Å²) in [6.45, 7) is 3.85. The summed E-state index contributed by atoms with van der Waals surface area (Å²) in [5.41, 5.74) is 0.832. The molecule has 1 aromatic heterocycles. The van der Waals surface area contributed by atoms with Gasteiger partial charge in [0.25, 0.3) is 0 Å². The van der Waals surface area contributed by atoms with Crippen molar-refractivity contribution in [1.82, 2.24) is 14.5 Å². The van der Waals surface area contributed by atoms with Crippen LogP contribution >= 0.6 is 0 Å². The van der Waals surface area contributed by atoms with Gasteiger partial charge in [0, 0.05) is 20.1 Å². The maximum atomic E-state index is 11.9. The van der Waals surface area contributed by atoms with E-state index in [9.17, 15) is 9.90 Å². The molecule has 0 bridgehead atoms. The summed E-state index contributed by atoms with van der Waals surface area (Å²) in [7, 11) is 1.88. The number of carbonyl (C=O) groups excluding carboxylic acids is 1. The lowest BCUT2D eigenvalue weighted by Crippen LogP contribution is -2.40. The van der Waals surface area contributed by atoms with E-state index in [2.05, 4.69) is 11.9 Å². The number of rotatable bonds is 5. The number of unbranched alkanes of at least 4 members (excludes halogenated alkanes) is 1. The summed E-state index contributed by atoms with van der Waals surface area (Å²) in [5, 5.41) is 10.4. The molecule has 1 amide bonds. The van der Waals surface area contributed by atoms with Crippen LogP contribution in [-0.4, -0.2) is 45.3 Å². The van der Waals surface area contributed by atoms with Gasteiger partial charge in [-0.1, -0.05) is 13.3 Å². The van der Waals surface area contributed by atoms with Gasteiger partial charge in [-0.05, 0) is 25.2 Å². The number of likely N-dealkylation sites (tertiary alicyclic amines) is 1. The van der Waals surface area contributed by atoms with Crippen LogP contribution in [0.4, 0.5) is 4.79 Å². The Morgan fingerprint density at radius 2 is 2.24 bits per heavy atom. The van der Waals surface area contributed by atoms with Gasteiger partial charge in [0.15, 0.2) is 0 Å². The van der Waals surface area contributed by atoms with Crippen molar-refractivity contribution < 1.29 is 14.6 Å². The second kappa shape index (κ2) is 7.45. The molecule has 0 aliphatic carbocycles. The third-order valence-electron chi connectivity index (χ3n) is 4.12. The minimum Gasteiger partial charge on any atom is -0.449 e. The first kappa shape index (κ1) is 15.8. The average Bonchev–Trinajstić information content (AvgIpc) is 2.93. The largest absolute Gasteiger partial charge is 0.449 e. The van der Waals surface area contributed by atoms with Crippen LogP contribution in [0.1, 0.15) is 44.4 Å². The molecule has 1 aromatic rings. The Morgan fingerprint density at radius 3 is 2.81 bits per heavy atom. The summed E-state index contributed by atoms with van der Waals surface area (Å²) < 4.78 is 7.06. The van der Waals surface area contributed by atoms with Crippen LogP contribution in [0.5, 0.6) is 0 Å². The highest BCUT2D eigenvalue weighted by Gasteiger charge is 2.29. The average molecular weight is 295 g/mol. The SMILES string of the molecule is CCCCOC(=O)N1CCC(C(O)c2cncn2C)CC1. The Morgan fingerprint density at radius 1 is 1.52 bits per heavy atom. The molecule has 1 saturated heterocycles. The fourth-order valence-corrected chi connectivity index (χ4v) is 2.69. The number of aliphatic hydroxyl groups excluding tert-OH is 1. The number of hydrogen-bond acceptors (Lipinski definition) is 4. The van der Waals surface area contributed by atoms with E-state index in [1.807, 2.05) is 11.6 Å². The van der Waals surface area contributed by atoms with Gasteiger partial charge in [0.2, 0.25) is 0 Å². The first-order valence-electron chi connectivity index (χ1n) is 7.69. The van der Waals surface area contributed by atoms with Crippen molar-refractivity contribution in [3.8, 4) is 0 Å². The Kier molecular flexibility index (Phi) is 5.61. The molecule has 0 radical (unpaired) electrons. The van der Waals surface area contributed by atoms with Gasteiger partial charge in [-0.25, -0.2) is 9.78 Å². The van der Waals surface area contributed by atoms with Crippen LogP contribution < -0.4 is 0 Å². The van der Waals surface area contributed by atoms with Gasteiger partial charge in [0.05, 0.1) is 30.9 Å². The summed E-state index contributed by atoms with van der Waals surface area (Å²) in [6, 6.07) is 0. The van der Waals surface area contributed by atoms with E-state index in [0.717, 1.165) is 31.4 Å². The number of aliphatic hydroxyl groups is 1. The number of carbonyl (C=O) groups is 1. The Labute approximate surface area is 125 Å². The van der Waals surface area contributed by atoms with Crippen LogP contribution in [0.3, 0.4) is 0 Å². The van der Waals surface area contributed by atoms with Crippen LogP contribution in [0.15, 0.2) is 12.5 Å². The number of imidazole rings is 1. The highest BCUT2D eigenvalue weighted by atomic mass is 16.6. The molecule has 6 nitrogen and oxygen atoms in total. The Bertz CT molecular complexity index is 453. The molecule has 118 valence electrons. The van der Waals surface area contributed by atoms with Crippen LogP contribution in [0.25, 0.3) is 0 Å². The molecule has 0 spiro atoms. The molecular weight excluding hydrogens is 270 g/mol. The Hall–Kier alpha value is -1.56. The van der Waals surface area contributed by atoms with E-state index in [1.54, 1.807) is 17.4 Å². The van der Waals surface area contributed by atoms with Gasteiger partial charge in [-0.15, -0.1) is 0 Å². The molecule has 1 atom stereocenters. The molecule has 6 heteroatoms. The molecule has 0 saturated carbocycles. The van der Waals surface area contributed by atoms with Crippen molar-refractivity contribution in [2.45, 2.75) is 38.7 Å². The van der Waals surface area contributed by atoms with E-state index in [4.69, 9.17) is 4.74 Å². The fraction of sp³-hybridized carbons (Fsp3) is 0.733. The monoisotopic (exact) mass is 295 g/mol. The summed E-state index contributed by atoms with van der Waals surface area (Å²) >= 11 is 0. The van der Waals surface area contributed by atoms with Gasteiger partial charge >= 0.3 is 6.09 Å². The number of ether oxygens (including phenoxy) is 1. The molecule has 2 rings (SSSR count). The molecule has 1 fully saturated rings. The summed E-state index contributed by atoms with van der Waals surface area (Å²) in [4.78, 5) is 17.6. The predicted molar refractivity (Wildman–Crippen MR) is 78.7 cm³/mol. The van der Waals surface area contributed by atoms with E-state index in [-0.39, 0.29) is 12.0 Å². The molecule has 1 aliphatic rings. The predicted octanol–water partition coefficient (Wildman–Crippen LogP) is 2.10. The topological polar surface area (TPSA) is 67.6 Å². The van der Waals surface area contributed by atoms with E-state index >= 15 is 0 Å². The van der Waals surface area contributed by atoms with Crippen LogP contribution in [-0.2, 0) is 11.8 Å². The van der Waals surface area contributed by atoms with Crippen molar-refractivity contribution in [3.05, 3.63) is 18.2 Å². The fourth-order valence-electron chi connectivity index (χ4n) is 2.69. The second-order valence-electron chi connectivity index (χ2n) is 5.67. The highest BCUT2D eigenvalue weighted by molar-refractivity contribution is 5.67. The summed E-state index contributed by atoms with van der Waals surface area (Å²) in [5.74, 6) is 0.167. The number of aromatic nitrogens is 2. The van der Waals surface area contributed by atoms with E-state index in [1.165, 1.54) is 0 Å².